The molecule has 0 aromatic heterocycles. The van der Waals surface area contributed by atoms with Crippen molar-refractivity contribution in [1.82, 2.24) is 0 Å². The summed E-state index contributed by atoms with van der Waals surface area (Å²) in [7, 11) is 1.67. The Morgan fingerprint density at radius 2 is 1.35 bits per heavy atom. The molecule has 2 fully saturated rings. The molecular weight excluding hydrogens is 594 g/mol. The quantitative estimate of drug-likeness (QED) is 0.207. The molecule has 5 aromatic carbocycles. The highest BCUT2D eigenvalue weighted by molar-refractivity contribution is 6.07. The number of hydrogen-bond acceptors (Lipinski definition) is 5. The van der Waals surface area contributed by atoms with E-state index in [1.165, 1.54) is 34.4 Å². The largest absolute Gasteiger partial charge is 0.507 e. The first-order valence-corrected chi connectivity index (χ1v) is 17.3. The van der Waals surface area contributed by atoms with Crippen LogP contribution in [0.15, 0.2) is 91.0 Å². The lowest BCUT2D eigenvalue weighted by Gasteiger charge is -2.51. The molecule has 8 rings (SSSR count). The molecule has 1 heterocycles. The third kappa shape index (κ3) is 5.20. The number of nitrogens with zero attached hydrogens (tertiary/aromatic N) is 1. The minimum atomic E-state index is -0.173. The van der Waals surface area contributed by atoms with Crippen LogP contribution in [0.5, 0.6) is 23.0 Å². The van der Waals surface area contributed by atoms with Gasteiger partial charge in [0.15, 0.2) is 0 Å². The summed E-state index contributed by atoms with van der Waals surface area (Å²) in [5, 5.41) is 13.8. The van der Waals surface area contributed by atoms with Crippen molar-refractivity contribution in [3.05, 3.63) is 102 Å². The van der Waals surface area contributed by atoms with Crippen molar-refractivity contribution < 1.29 is 19.3 Å². The van der Waals surface area contributed by atoms with Gasteiger partial charge in [-0.25, -0.2) is 0 Å². The van der Waals surface area contributed by atoms with Crippen LogP contribution in [0.25, 0.3) is 33.0 Å². The Morgan fingerprint density at radius 1 is 0.688 bits per heavy atom. The van der Waals surface area contributed by atoms with Gasteiger partial charge in [-0.2, -0.15) is 0 Å². The van der Waals surface area contributed by atoms with Gasteiger partial charge in [-0.1, -0.05) is 64.1 Å². The summed E-state index contributed by atoms with van der Waals surface area (Å²) in [4.78, 5) is 2.36. The number of anilines is 1. The van der Waals surface area contributed by atoms with Crippen molar-refractivity contribution in [3.8, 4) is 45.3 Å². The third-order valence-electron chi connectivity index (χ3n) is 10.8. The maximum atomic E-state index is 11.9. The van der Waals surface area contributed by atoms with Gasteiger partial charge in [0.1, 0.15) is 23.0 Å². The van der Waals surface area contributed by atoms with E-state index < -0.39 is 0 Å². The standard InChI is InChI=1S/C43H45NO4/c1-41(2)25-42(3,4)27-43(26-41)36-9-7-6-8-32(36)40-35-23-39(48-31-16-14-30(46-5)15-17-31)33(22-34(35)38(45)24-37(40)43)28-10-12-29(13-11-28)44-18-20-47-21-19-44/h6-17,22-24,45H,18-21,25-27H2,1-5H3. The number of hydrogen-bond donors (Lipinski definition) is 1. The van der Waals surface area contributed by atoms with Crippen LogP contribution in [0, 0.1) is 10.8 Å². The molecule has 0 bridgehead atoms. The van der Waals surface area contributed by atoms with Crippen LogP contribution in [0.1, 0.15) is 58.1 Å². The second-order valence-electron chi connectivity index (χ2n) is 15.6. The van der Waals surface area contributed by atoms with E-state index >= 15 is 0 Å². The first-order chi connectivity index (χ1) is 23.1. The van der Waals surface area contributed by atoms with Crippen molar-refractivity contribution in [2.75, 3.05) is 38.3 Å². The van der Waals surface area contributed by atoms with Crippen LogP contribution in [0.4, 0.5) is 5.69 Å². The van der Waals surface area contributed by atoms with Gasteiger partial charge in [-0.15, -0.1) is 0 Å². The molecule has 2 aliphatic carbocycles. The summed E-state index contributed by atoms with van der Waals surface area (Å²) in [6, 6.07) is 31.7. The molecule has 5 aromatic rings. The Balaban J connectivity index is 1.33. The number of phenolic OH excluding ortho intramolecular Hbond substituents is 1. The molecule has 0 radical (unpaired) electrons. The van der Waals surface area contributed by atoms with Gasteiger partial charge in [0.2, 0.25) is 0 Å². The molecule has 48 heavy (non-hydrogen) atoms. The summed E-state index contributed by atoms with van der Waals surface area (Å²) in [5.74, 6) is 2.58. The fourth-order valence-electron chi connectivity index (χ4n) is 9.61. The lowest BCUT2D eigenvalue weighted by atomic mass is 9.52. The Labute approximate surface area is 284 Å². The molecule has 0 unspecified atom stereocenters. The van der Waals surface area contributed by atoms with E-state index in [4.69, 9.17) is 14.2 Å². The van der Waals surface area contributed by atoms with Crippen molar-refractivity contribution >= 4 is 16.5 Å². The van der Waals surface area contributed by atoms with Crippen LogP contribution in [-0.2, 0) is 10.2 Å². The third-order valence-corrected chi connectivity index (χ3v) is 10.8. The highest BCUT2D eigenvalue weighted by Gasteiger charge is 2.53. The van der Waals surface area contributed by atoms with Crippen LogP contribution in [-0.4, -0.2) is 38.5 Å². The van der Waals surface area contributed by atoms with Crippen molar-refractivity contribution in [2.45, 2.75) is 52.4 Å². The summed E-state index contributed by atoms with van der Waals surface area (Å²) in [6.45, 7) is 12.9. The minimum absolute atomic E-state index is 0.154. The van der Waals surface area contributed by atoms with Gasteiger partial charge < -0.3 is 24.2 Å². The number of phenols is 1. The van der Waals surface area contributed by atoms with Gasteiger partial charge >= 0.3 is 0 Å². The Hall–Kier alpha value is -4.48. The molecule has 0 amide bonds. The number of morpholine rings is 1. The zero-order chi connectivity index (χ0) is 33.3. The van der Waals surface area contributed by atoms with Crippen molar-refractivity contribution in [1.29, 1.82) is 0 Å². The summed E-state index contributed by atoms with van der Waals surface area (Å²) in [6.07, 6.45) is 3.26. The van der Waals surface area contributed by atoms with E-state index in [2.05, 4.69) is 99.3 Å². The smallest absolute Gasteiger partial charge is 0.135 e. The molecule has 1 spiro atoms. The molecule has 1 saturated heterocycles. The molecule has 1 N–H and O–H groups in total. The Morgan fingerprint density at radius 3 is 2.04 bits per heavy atom. The lowest BCUT2D eigenvalue weighted by Crippen LogP contribution is -2.43. The molecule has 1 saturated carbocycles. The van der Waals surface area contributed by atoms with Gasteiger partial charge in [-0.3, -0.25) is 0 Å². The number of benzene rings is 5. The zero-order valence-corrected chi connectivity index (χ0v) is 28.7. The topological polar surface area (TPSA) is 51.2 Å². The number of rotatable bonds is 5. The van der Waals surface area contributed by atoms with Crippen LogP contribution >= 0.6 is 0 Å². The average Bonchev–Trinajstić information content (AvgIpc) is 3.31. The van der Waals surface area contributed by atoms with Gasteiger partial charge in [0.25, 0.3) is 0 Å². The predicted octanol–water partition coefficient (Wildman–Crippen LogP) is 10.4. The fraction of sp³-hybridized carbons (Fsp3) is 0.349. The van der Waals surface area contributed by atoms with Gasteiger partial charge in [-0.05, 0) is 118 Å². The highest BCUT2D eigenvalue weighted by atomic mass is 16.5. The monoisotopic (exact) mass is 639 g/mol. The Kier molecular flexibility index (Phi) is 7.26. The molecule has 246 valence electrons. The van der Waals surface area contributed by atoms with Crippen molar-refractivity contribution in [2.24, 2.45) is 10.8 Å². The molecule has 5 nitrogen and oxygen atoms in total. The van der Waals surface area contributed by atoms with E-state index in [-0.39, 0.29) is 16.2 Å². The van der Waals surface area contributed by atoms with Crippen LogP contribution < -0.4 is 14.4 Å². The van der Waals surface area contributed by atoms with Crippen LogP contribution in [0.2, 0.25) is 0 Å². The van der Waals surface area contributed by atoms with Gasteiger partial charge in [0.05, 0.1) is 20.3 Å². The SMILES string of the molecule is COc1ccc(Oc2cc3c4c(cc(O)c3cc2-c2ccc(N3CCOCC3)cc2)C2(CC(C)(C)CC(C)(C)C2)c2ccccc2-4)cc1. The molecular formula is C43H45NO4. The van der Waals surface area contributed by atoms with E-state index in [1.54, 1.807) is 7.11 Å². The van der Waals surface area contributed by atoms with Gasteiger partial charge in [0, 0.05) is 35.1 Å². The molecule has 0 atom stereocenters. The van der Waals surface area contributed by atoms with E-state index in [1.807, 2.05) is 24.3 Å². The molecule has 5 heteroatoms. The number of ether oxygens (including phenoxy) is 3. The normalized spacial score (nSPS) is 18.8. The second-order valence-corrected chi connectivity index (χ2v) is 15.6. The predicted molar refractivity (Wildman–Crippen MR) is 195 cm³/mol. The fourth-order valence-corrected chi connectivity index (χ4v) is 9.61. The lowest BCUT2D eigenvalue weighted by molar-refractivity contribution is 0.0645. The minimum Gasteiger partial charge on any atom is -0.507 e. The zero-order valence-electron chi connectivity index (χ0n) is 28.7. The average molecular weight is 640 g/mol. The van der Waals surface area contributed by atoms with E-state index in [0.29, 0.717) is 5.75 Å². The summed E-state index contributed by atoms with van der Waals surface area (Å²) < 4.78 is 17.7. The first kappa shape index (κ1) is 30.8. The molecule has 1 aliphatic heterocycles. The summed E-state index contributed by atoms with van der Waals surface area (Å²) in [5.41, 5.74) is 8.40. The maximum Gasteiger partial charge on any atom is 0.135 e. The second kappa shape index (κ2) is 11.3. The number of aromatic hydroxyl groups is 1. The van der Waals surface area contributed by atoms with Crippen molar-refractivity contribution in [3.63, 3.8) is 0 Å². The van der Waals surface area contributed by atoms with Crippen LogP contribution in [0.3, 0.4) is 0 Å². The summed E-state index contributed by atoms with van der Waals surface area (Å²) >= 11 is 0. The first-order valence-electron chi connectivity index (χ1n) is 17.3. The Bertz CT molecular complexity index is 1990. The number of fused-ring (bicyclic) bond motifs is 7. The molecule has 3 aliphatic rings. The maximum absolute atomic E-state index is 11.9. The highest BCUT2D eigenvalue weighted by Crippen LogP contribution is 2.65. The van der Waals surface area contributed by atoms with E-state index in [9.17, 15) is 5.11 Å². The van der Waals surface area contributed by atoms with E-state index in [0.717, 1.165) is 78.3 Å². The number of methoxy groups -OCH3 is 1.